The molecule has 0 aliphatic rings. The Morgan fingerprint density at radius 1 is 1.26 bits per heavy atom. The largest absolute Gasteiger partial charge is 0.352 e. The molecular formula is C13H10BrCl2NOS. The van der Waals surface area contributed by atoms with Gasteiger partial charge in [-0.2, -0.15) is 0 Å². The molecule has 0 spiro atoms. The number of hydrogen-bond donors (Lipinski definition) is 1. The Labute approximate surface area is 133 Å². The van der Waals surface area contributed by atoms with Gasteiger partial charge in [-0.05, 0) is 52.7 Å². The van der Waals surface area contributed by atoms with Crippen LogP contribution in [0.5, 0.6) is 0 Å². The molecule has 0 aliphatic carbocycles. The van der Waals surface area contributed by atoms with E-state index in [1.165, 1.54) is 11.3 Å². The lowest BCUT2D eigenvalue weighted by Gasteiger charge is -2.05. The van der Waals surface area contributed by atoms with E-state index in [9.17, 15) is 4.79 Å². The molecule has 2 aromatic rings. The van der Waals surface area contributed by atoms with E-state index in [-0.39, 0.29) is 5.91 Å². The zero-order valence-corrected chi connectivity index (χ0v) is 13.7. The van der Waals surface area contributed by atoms with Gasteiger partial charge in [0.2, 0.25) is 0 Å². The quantitative estimate of drug-likeness (QED) is 0.814. The van der Waals surface area contributed by atoms with Crippen molar-refractivity contribution in [2.24, 2.45) is 0 Å². The molecule has 0 radical (unpaired) electrons. The zero-order valence-electron chi connectivity index (χ0n) is 9.75. The molecule has 2 rings (SSSR count). The summed E-state index contributed by atoms with van der Waals surface area (Å²) in [6.07, 6.45) is 0.771. The van der Waals surface area contributed by atoms with Crippen LogP contribution in [0.2, 0.25) is 9.36 Å². The molecule has 0 unspecified atom stereocenters. The number of halogens is 3. The molecule has 0 saturated heterocycles. The molecule has 1 heterocycles. The van der Waals surface area contributed by atoms with E-state index in [1.54, 1.807) is 18.2 Å². The number of carbonyl (C=O) groups excluding carboxylic acids is 1. The third-order valence-corrected chi connectivity index (χ3v) is 4.99. The molecule has 6 heteroatoms. The van der Waals surface area contributed by atoms with Gasteiger partial charge < -0.3 is 5.32 Å². The van der Waals surface area contributed by atoms with Gasteiger partial charge in [0.25, 0.3) is 5.91 Å². The first-order valence-electron chi connectivity index (χ1n) is 5.54. The minimum atomic E-state index is -0.128. The van der Waals surface area contributed by atoms with Crippen molar-refractivity contribution in [1.29, 1.82) is 0 Å². The molecule has 1 amide bonds. The average Bonchev–Trinajstić information content (AvgIpc) is 2.78. The van der Waals surface area contributed by atoms with Crippen molar-refractivity contribution in [1.82, 2.24) is 5.32 Å². The average molecular weight is 379 g/mol. The Balaban J connectivity index is 1.89. The van der Waals surface area contributed by atoms with Crippen LogP contribution in [-0.2, 0) is 6.42 Å². The summed E-state index contributed by atoms with van der Waals surface area (Å²) in [5, 5.41) is 3.38. The van der Waals surface area contributed by atoms with Gasteiger partial charge in [-0.25, -0.2) is 0 Å². The number of carbonyl (C=O) groups is 1. The van der Waals surface area contributed by atoms with Gasteiger partial charge in [0.1, 0.15) is 0 Å². The summed E-state index contributed by atoms with van der Waals surface area (Å²) in [5.74, 6) is -0.128. The predicted molar refractivity (Wildman–Crippen MR) is 84.5 cm³/mol. The van der Waals surface area contributed by atoms with Crippen molar-refractivity contribution < 1.29 is 4.79 Å². The highest BCUT2D eigenvalue weighted by molar-refractivity contribution is 9.10. The van der Waals surface area contributed by atoms with Crippen molar-refractivity contribution in [2.45, 2.75) is 6.42 Å². The molecule has 19 heavy (non-hydrogen) atoms. The van der Waals surface area contributed by atoms with Crippen LogP contribution in [0.15, 0.2) is 34.8 Å². The number of thiophene rings is 1. The summed E-state index contributed by atoms with van der Waals surface area (Å²) in [6.45, 7) is 0.573. The molecular weight excluding hydrogens is 369 g/mol. The maximum Gasteiger partial charge on any atom is 0.251 e. The fourth-order valence-electron chi connectivity index (χ4n) is 1.52. The molecule has 0 atom stereocenters. The molecule has 0 fully saturated rings. The van der Waals surface area contributed by atoms with Crippen molar-refractivity contribution in [3.8, 4) is 0 Å². The minimum Gasteiger partial charge on any atom is -0.352 e. The monoisotopic (exact) mass is 377 g/mol. The van der Waals surface area contributed by atoms with Crippen LogP contribution < -0.4 is 5.32 Å². The van der Waals surface area contributed by atoms with Gasteiger partial charge in [-0.3, -0.25) is 4.79 Å². The summed E-state index contributed by atoms with van der Waals surface area (Å²) in [7, 11) is 0. The van der Waals surface area contributed by atoms with E-state index >= 15 is 0 Å². The Hall–Kier alpha value is -0.550. The molecule has 1 aromatic heterocycles. The van der Waals surface area contributed by atoms with E-state index in [0.717, 1.165) is 20.1 Å². The molecule has 100 valence electrons. The topological polar surface area (TPSA) is 29.1 Å². The molecule has 1 aromatic carbocycles. The van der Waals surface area contributed by atoms with Crippen LogP contribution in [0.4, 0.5) is 0 Å². The summed E-state index contributed by atoms with van der Waals surface area (Å²) >= 11 is 16.6. The maximum absolute atomic E-state index is 11.9. The van der Waals surface area contributed by atoms with Crippen LogP contribution in [0.1, 0.15) is 15.2 Å². The Kier molecular flexibility index (Phi) is 5.28. The second-order valence-electron chi connectivity index (χ2n) is 3.84. The minimum absolute atomic E-state index is 0.128. The van der Waals surface area contributed by atoms with Gasteiger partial charge in [0, 0.05) is 21.5 Å². The first-order chi connectivity index (χ1) is 9.06. The third-order valence-electron chi connectivity index (χ3n) is 2.47. The molecule has 0 aliphatic heterocycles. The number of benzene rings is 1. The highest BCUT2D eigenvalue weighted by atomic mass is 79.9. The molecule has 1 N–H and O–H groups in total. The van der Waals surface area contributed by atoms with Crippen LogP contribution in [0, 0.1) is 0 Å². The summed E-state index contributed by atoms with van der Waals surface area (Å²) < 4.78 is 1.54. The molecule has 0 bridgehead atoms. The number of amides is 1. The van der Waals surface area contributed by atoms with Gasteiger partial charge >= 0.3 is 0 Å². The smallest absolute Gasteiger partial charge is 0.251 e. The second kappa shape index (κ2) is 6.75. The van der Waals surface area contributed by atoms with E-state index in [4.69, 9.17) is 23.2 Å². The number of hydrogen-bond acceptors (Lipinski definition) is 2. The third kappa shape index (κ3) is 4.21. The van der Waals surface area contributed by atoms with Crippen molar-refractivity contribution >= 4 is 56.4 Å². The van der Waals surface area contributed by atoms with Gasteiger partial charge in [-0.1, -0.05) is 23.2 Å². The maximum atomic E-state index is 11.9. The molecule has 2 nitrogen and oxygen atoms in total. The second-order valence-corrected chi connectivity index (χ2v) is 6.90. The highest BCUT2D eigenvalue weighted by Gasteiger charge is 2.07. The van der Waals surface area contributed by atoms with Crippen molar-refractivity contribution in [3.63, 3.8) is 0 Å². The van der Waals surface area contributed by atoms with Crippen molar-refractivity contribution in [2.75, 3.05) is 6.54 Å². The van der Waals surface area contributed by atoms with E-state index in [2.05, 4.69) is 21.2 Å². The summed E-state index contributed by atoms with van der Waals surface area (Å²) in [5.41, 5.74) is 0.553. The van der Waals surface area contributed by atoms with Gasteiger partial charge in [0.05, 0.1) is 9.36 Å². The molecule has 0 saturated carbocycles. The summed E-state index contributed by atoms with van der Waals surface area (Å²) in [6, 6.07) is 8.96. The summed E-state index contributed by atoms with van der Waals surface area (Å²) in [4.78, 5) is 13.0. The number of nitrogens with one attached hydrogen (secondary N) is 1. The van der Waals surface area contributed by atoms with Crippen LogP contribution >= 0.6 is 50.5 Å². The van der Waals surface area contributed by atoms with E-state index in [0.29, 0.717) is 17.1 Å². The zero-order chi connectivity index (χ0) is 13.8. The van der Waals surface area contributed by atoms with Crippen LogP contribution in [0.25, 0.3) is 0 Å². The Morgan fingerprint density at radius 2 is 2.05 bits per heavy atom. The van der Waals surface area contributed by atoms with E-state index in [1.807, 2.05) is 12.1 Å². The fraction of sp³-hybridized carbons (Fsp3) is 0.154. The van der Waals surface area contributed by atoms with Gasteiger partial charge in [0.15, 0.2) is 0 Å². The van der Waals surface area contributed by atoms with E-state index < -0.39 is 0 Å². The van der Waals surface area contributed by atoms with Crippen molar-refractivity contribution in [3.05, 3.63) is 54.6 Å². The predicted octanol–water partition coefficient (Wildman–Crippen LogP) is 4.79. The standard InChI is InChI=1S/C13H10BrCl2NOS/c14-10-3-1-8(7-11(10)15)13(18)17-6-5-9-2-4-12(16)19-9/h1-4,7H,5-6H2,(H,17,18). The lowest BCUT2D eigenvalue weighted by atomic mass is 10.2. The van der Waals surface area contributed by atoms with Gasteiger partial charge in [-0.15, -0.1) is 11.3 Å². The van der Waals surface area contributed by atoms with Crippen LogP contribution in [-0.4, -0.2) is 12.5 Å². The Bertz CT molecular complexity index is 600. The Morgan fingerprint density at radius 3 is 2.68 bits per heavy atom. The van der Waals surface area contributed by atoms with Crippen LogP contribution in [0.3, 0.4) is 0 Å². The SMILES string of the molecule is O=C(NCCc1ccc(Cl)s1)c1ccc(Br)c(Cl)c1. The number of rotatable bonds is 4. The lowest BCUT2D eigenvalue weighted by molar-refractivity contribution is 0.0954. The normalized spacial score (nSPS) is 10.5. The fourth-order valence-corrected chi connectivity index (χ4v) is 3.04. The first kappa shape index (κ1) is 14.9. The highest BCUT2D eigenvalue weighted by Crippen LogP contribution is 2.23. The lowest BCUT2D eigenvalue weighted by Crippen LogP contribution is -2.25. The first-order valence-corrected chi connectivity index (χ1v) is 7.90.